The van der Waals surface area contributed by atoms with Crippen molar-refractivity contribution in [2.24, 2.45) is 17.3 Å². The van der Waals surface area contributed by atoms with Gasteiger partial charge >= 0.3 is 0 Å². The monoisotopic (exact) mass is 316 g/mol. The second kappa shape index (κ2) is 5.69. The standard InChI is InChI=1S/C17H24N4S/c1-5-11(3)17(4)12(6-2)7-8-13(17)21-10-20-14-15(21)18-9-19-16(14)22/h8-12H,5-7H2,1-4H3,(H,18,19,22)/t11?,12?,17-/m0/s1. The van der Waals surface area contributed by atoms with Crippen LogP contribution in [0.25, 0.3) is 16.9 Å². The van der Waals surface area contributed by atoms with Gasteiger partial charge in [-0.25, -0.2) is 15.0 Å². The van der Waals surface area contributed by atoms with Crippen molar-refractivity contribution >= 4 is 29.5 Å². The average Bonchev–Trinajstić information content (AvgIpc) is 3.08. The van der Waals surface area contributed by atoms with Crippen molar-refractivity contribution < 1.29 is 0 Å². The van der Waals surface area contributed by atoms with E-state index in [1.54, 1.807) is 6.33 Å². The van der Waals surface area contributed by atoms with Gasteiger partial charge < -0.3 is 0 Å². The van der Waals surface area contributed by atoms with E-state index < -0.39 is 0 Å². The van der Waals surface area contributed by atoms with Crippen molar-refractivity contribution in [3.8, 4) is 0 Å². The lowest BCUT2D eigenvalue weighted by Crippen LogP contribution is -2.33. The van der Waals surface area contributed by atoms with Gasteiger partial charge in [-0.3, -0.25) is 4.57 Å². The highest BCUT2D eigenvalue weighted by Gasteiger charge is 2.45. The van der Waals surface area contributed by atoms with Gasteiger partial charge in [0.2, 0.25) is 0 Å². The lowest BCUT2D eigenvalue weighted by molar-refractivity contribution is 0.177. The van der Waals surface area contributed by atoms with E-state index in [0.29, 0.717) is 16.9 Å². The Hall–Kier alpha value is -1.36. The van der Waals surface area contributed by atoms with Crippen LogP contribution in [0.2, 0.25) is 0 Å². The first-order chi connectivity index (χ1) is 10.5. The van der Waals surface area contributed by atoms with Crippen LogP contribution in [-0.2, 0) is 0 Å². The summed E-state index contributed by atoms with van der Waals surface area (Å²) < 4.78 is 2.15. The van der Waals surface area contributed by atoms with Gasteiger partial charge in [0, 0.05) is 11.1 Å². The molecule has 0 N–H and O–H groups in total. The van der Waals surface area contributed by atoms with E-state index in [0.717, 1.165) is 17.6 Å². The minimum Gasteiger partial charge on any atom is -0.287 e. The summed E-state index contributed by atoms with van der Waals surface area (Å²) >= 11 is 4.40. The Bertz CT molecular complexity index is 721. The predicted molar refractivity (Wildman–Crippen MR) is 92.8 cm³/mol. The van der Waals surface area contributed by atoms with E-state index in [9.17, 15) is 0 Å². The first-order valence-corrected chi connectivity index (χ1v) is 8.56. The highest BCUT2D eigenvalue weighted by Crippen LogP contribution is 2.53. The maximum atomic E-state index is 4.49. The number of fused-ring (bicyclic) bond motifs is 1. The second-order valence-corrected chi connectivity index (χ2v) is 6.93. The van der Waals surface area contributed by atoms with E-state index >= 15 is 0 Å². The maximum absolute atomic E-state index is 4.49. The number of nitrogens with zero attached hydrogens (tertiary/aromatic N) is 4. The highest BCUT2D eigenvalue weighted by molar-refractivity contribution is 7.80. The van der Waals surface area contributed by atoms with Gasteiger partial charge in [-0.05, 0) is 18.3 Å². The zero-order valence-corrected chi connectivity index (χ0v) is 14.6. The summed E-state index contributed by atoms with van der Waals surface area (Å²) in [5, 5.41) is 0.639. The Labute approximate surface area is 137 Å². The van der Waals surface area contributed by atoms with Crippen molar-refractivity contribution in [3.63, 3.8) is 0 Å². The summed E-state index contributed by atoms with van der Waals surface area (Å²) in [4.78, 5) is 13.1. The smallest absolute Gasteiger partial charge is 0.168 e. The topological polar surface area (TPSA) is 43.6 Å². The molecule has 2 aromatic rings. The van der Waals surface area contributed by atoms with Crippen molar-refractivity contribution in [3.05, 3.63) is 18.7 Å². The number of rotatable bonds is 4. The Morgan fingerprint density at radius 2 is 2.14 bits per heavy atom. The van der Waals surface area contributed by atoms with Crippen LogP contribution < -0.4 is 0 Å². The lowest BCUT2D eigenvalue weighted by Gasteiger charge is -2.40. The number of aromatic nitrogens is 4. The maximum Gasteiger partial charge on any atom is 0.168 e. The molecular weight excluding hydrogens is 292 g/mol. The quantitative estimate of drug-likeness (QED) is 0.670. The van der Waals surface area contributed by atoms with Crippen LogP contribution in [0.3, 0.4) is 0 Å². The minimum atomic E-state index is 0.152. The number of imidazole rings is 1. The normalized spacial score (nSPS) is 26.4. The summed E-state index contributed by atoms with van der Waals surface area (Å²) in [7, 11) is 0. The van der Waals surface area contributed by atoms with Gasteiger partial charge in [0.25, 0.3) is 0 Å². The van der Waals surface area contributed by atoms with Crippen LogP contribution in [-0.4, -0.2) is 19.5 Å². The molecule has 0 radical (unpaired) electrons. The molecule has 1 aliphatic carbocycles. The van der Waals surface area contributed by atoms with Gasteiger partial charge in [-0.1, -0.05) is 46.6 Å². The molecule has 1 aliphatic rings. The number of allylic oxidation sites excluding steroid dienone is 2. The Morgan fingerprint density at radius 3 is 2.82 bits per heavy atom. The van der Waals surface area contributed by atoms with Crippen LogP contribution in [0.4, 0.5) is 0 Å². The molecular formula is C17H24N4S. The van der Waals surface area contributed by atoms with Crippen LogP contribution in [0.1, 0.15) is 47.0 Å². The highest BCUT2D eigenvalue weighted by atomic mass is 32.1. The molecule has 2 unspecified atom stereocenters. The average molecular weight is 316 g/mol. The van der Waals surface area contributed by atoms with E-state index in [1.807, 2.05) is 6.33 Å². The number of hydrogen-bond donors (Lipinski definition) is 1. The number of hydrogen-bond acceptors (Lipinski definition) is 4. The van der Waals surface area contributed by atoms with Gasteiger partial charge in [0.05, 0.1) is 0 Å². The van der Waals surface area contributed by atoms with E-state index in [-0.39, 0.29) is 5.41 Å². The van der Waals surface area contributed by atoms with Gasteiger partial charge in [0.1, 0.15) is 23.2 Å². The molecule has 118 valence electrons. The third-order valence-electron chi connectivity index (χ3n) is 5.70. The summed E-state index contributed by atoms with van der Waals surface area (Å²) in [6, 6.07) is 0. The van der Waals surface area contributed by atoms with Crippen LogP contribution in [0, 0.1) is 17.3 Å². The van der Waals surface area contributed by atoms with Gasteiger partial charge in [-0.15, -0.1) is 12.6 Å². The molecule has 3 rings (SSSR count). The zero-order chi connectivity index (χ0) is 15.9. The van der Waals surface area contributed by atoms with E-state index in [4.69, 9.17) is 0 Å². The van der Waals surface area contributed by atoms with Crippen molar-refractivity contribution in [1.82, 2.24) is 19.5 Å². The molecule has 0 bridgehead atoms. The van der Waals surface area contributed by atoms with Gasteiger partial charge in [0.15, 0.2) is 5.65 Å². The number of thiol groups is 1. The molecule has 0 amide bonds. The van der Waals surface area contributed by atoms with Crippen molar-refractivity contribution in [1.29, 1.82) is 0 Å². The molecule has 0 fully saturated rings. The minimum absolute atomic E-state index is 0.152. The van der Waals surface area contributed by atoms with Crippen LogP contribution >= 0.6 is 12.6 Å². The molecule has 22 heavy (non-hydrogen) atoms. The predicted octanol–water partition coefficient (Wildman–Crippen LogP) is 4.44. The fraction of sp³-hybridized carbons (Fsp3) is 0.588. The fourth-order valence-corrected chi connectivity index (χ4v) is 4.16. The second-order valence-electron chi connectivity index (χ2n) is 6.51. The summed E-state index contributed by atoms with van der Waals surface area (Å²) in [6.07, 6.45) is 9.32. The Morgan fingerprint density at radius 1 is 1.36 bits per heavy atom. The lowest BCUT2D eigenvalue weighted by atomic mass is 9.67. The molecule has 0 saturated heterocycles. The molecule has 3 atom stereocenters. The molecule has 5 heteroatoms. The fourth-order valence-electron chi connectivity index (χ4n) is 3.95. The molecule has 0 spiro atoms. The molecule has 0 aromatic carbocycles. The molecule has 0 saturated carbocycles. The zero-order valence-electron chi connectivity index (χ0n) is 13.7. The van der Waals surface area contributed by atoms with Crippen molar-refractivity contribution in [2.75, 3.05) is 0 Å². The largest absolute Gasteiger partial charge is 0.287 e. The first-order valence-electron chi connectivity index (χ1n) is 8.12. The van der Waals surface area contributed by atoms with Crippen LogP contribution in [0.5, 0.6) is 0 Å². The molecule has 4 nitrogen and oxygen atoms in total. The molecule has 2 heterocycles. The van der Waals surface area contributed by atoms with Gasteiger partial charge in [-0.2, -0.15) is 0 Å². The summed E-state index contributed by atoms with van der Waals surface area (Å²) in [6.45, 7) is 9.34. The molecule has 2 aromatic heterocycles. The summed E-state index contributed by atoms with van der Waals surface area (Å²) in [5.74, 6) is 1.29. The molecule has 0 aliphatic heterocycles. The SMILES string of the molecule is CCC(C)[C@]1(C)C(n2cnc3c(S)ncnc32)=CCC1CC. The Balaban J connectivity index is 2.15. The first kappa shape index (κ1) is 15.5. The Kier molecular flexibility index (Phi) is 4.02. The third kappa shape index (κ3) is 2.09. The third-order valence-corrected chi connectivity index (χ3v) is 6.03. The van der Waals surface area contributed by atoms with Crippen molar-refractivity contribution in [2.45, 2.75) is 52.0 Å². The van der Waals surface area contributed by atoms with E-state index in [1.165, 1.54) is 18.5 Å². The summed E-state index contributed by atoms with van der Waals surface area (Å²) in [5.41, 5.74) is 3.12. The van der Waals surface area contributed by atoms with E-state index in [2.05, 4.69) is 65.9 Å². The van der Waals surface area contributed by atoms with Crippen LogP contribution in [0.15, 0.2) is 23.8 Å².